The van der Waals surface area contributed by atoms with E-state index >= 15 is 0 Å². The molecule has 1 N–H and O–H groups in total. The van der Waals surface area contributed by atoms with Gasteiger partial charge in [-0.25, -0.2) is 0 Å². The van der Waals surface area contributed by atoms with Gasteiger partial charge in [0.05, 0.1) is 0 Å². The Balaban J connectivity index is 2.20. The molecule has 2 rings (SSSR count). The zero-order valence-electron chi connectivity index (χ0n) is 12.5. The lowest BCUT2D eigenvalue weighted by Gasteiger charge is -2.37. The Hall–Kier alpha value is -0.340. The molecule has 0 aromatic heterocycles. The van der Waals surface area contributed by atoms with Gasteiger partial charge in [-0.2, -0.15) is 0 Å². The van der Waals surface area contributed by atoms with Crippen molar-refractivity contribution in [2.75, 3.05) is 7.05 Å². The summed E-state index contributed by atoms with van der Waals surface area (Å²) < 4.78 is 1.18. The van der Waals surface area contributed by atoms with Crippen LogP contribution in [0.5, 0.6) is 0 Å². The van der Waals surface area contributed by atoms with Crippen molar-refractivity contribution in [3.8, 4) is 0 Å². The van der Waals surface area contributed by atoms with Crippen molar-refractivity contribution in [1.82, 2.24) is 5.32 Å². The Morgan fingerprint density at radius 3 is 2.53 bits per heavy atom. The zero-order valence-corrected chi connectivity index (χ0v) is 14.1. The van der Waals surface area contributed by atoms with Gasteiger partial charge >= 0.3 is 0 Å². The van der Waals surface area contributed by atoms with E-state index in [2.05, 4.69) is 67.3 Å². The van der Waals surface area contributed by atoms with E-state index in [9.17, 15) is 0 Å². The molecule has 1 nitrogen and oxygen atoms in total. The van der Waals surface area contributed by atoms with Gasteiger partial charge < -0.3 is 5.32 Å². The van der Waals surface area contributed by atoms with Crippen molar-refractivity contribution in [2.24, 2.45) is 17.8 Å². The van der Waals surface area contributed by atoms with Gasteiger partial charge in [0.15, 0.2) is 0 Å². The molecule has 1 aliphatic carbocycles. The third-order valence-corrected chi connectivity index (χ3v) is 5.48. The molecule has 1 aromatic carbocycles. The fraction of sp³-hybridized carbons (Fsp3) is 0.647. The van der Waals surface area contributed by atoms with E-state index in [4.69, 9.17) is 0 Å². The van der Waals surface area contributed by atoms with Crippen LogP contribution in [-0.2, 0) is 0 Å². The predicted octanol–water partition coefficient (Wildman–Crippen LogP) is 5.09. The van der Waals surface area contributed by atoms with Crippen LogP contribution in [0.1, 0.15) is 50.3 Å². The van der Waals surface area contributed by atoms with Gasteiger partial charge in [-0.3, -0.25) is 0 Å². The van der Waals surface area contributed by atoms with Gasteiger partial charge in [0.2, 0.25) is 0 Å². The molecule has 0 spiro atoms. The maximum atomic E-state index is 3.57. The second-order valence-corrected chi connectivity index (χ2v) is 7.21. The second-order valence-electron chi connectivity index (χ2n) is 6.29. The van der Waals surface area contributed by atoms with Gasteiger partial charge in [-0.05, 0) is 67.8 Å². The lowest BCUT2D eigenvalue weighted by Crippen LogP contribution is -2.31. The summed E-state index contributed by atoms with van der Waals surface area (Å²) in [4.78, 5) is 0. The number of benzene rings is 1. The predicted molar refractivity (Wildman–Crippen MR) is 86.3 cm³/mol. The molecule has 1 aromatic rings. The summed E-state index contributed by atoms with van der Waals surface area (Å²) in [5.41, 5.74) is 2.86. The summed E-state index contributed by atoms with van der Waals surface area (Å²) in [5.74, 6) is 2.52. The van der Waals surface area contributed by atoms with Crippen LogP contribution in [0, 0.1) is 24.7 Å². The fourth-order valence-electron chi connectivity index (χ4n) is 3.53. The summed E-state index contributed by atoms with van der Waals surface area (Å²) in [6, 6.07) is 7.18. The summed E-state index contributed by atoms with van der Waals surface area (Å²) in [5, 5.41) is 3.57. The maximum Gasteiger partial charge on any atom is 0.0348 e. The van der Waals surface area contributed by atoms with E-state index in [1.54, 1.807) is 0 Å². The SMILES string of the molecule is CNC(c1ccc(Br)cc1C)C1CCC(C)C(C)C1. The molecular formula is C17H26BrN. The Kier molecular flexibility index (Phi) is 5.08. The van der Waals surface area contributed by atoms with Crippen LogP contribution in [-0.4, -0.2) is 7.05 Å². The molecule has 106 valence electrons. The van der Waals surface area contributed by atoms with Gasteiger partial charge in [-0.1, -0.05) is 42.3 Å². The molecule has 4 unspecified atom stereocenters. The summed E-state index contributed by atoms with van der Waals surface area (Å²) in [6.07, 6.45) is 4.08. The quantitative estimate of drug-likeness (QED) is 0.816. The van der Waals surface area contributed by atoms with Crippen LogP contribution in [0.25, 0.3) is 0 Å². The molecule has 0 saturated heterocycles. The molecule has 0 radical (unpaired) electrons. The van der Waals surface area contributed by atoms with Crippen molar-refractivity contribution in [2.45, 2.75) is 46.1 Å². The summed E-state index contributed by atoms with van der Waals surface area (Å²) >= 11 is 3.56. The van der Waals surface area contributed by atoms with Crippen LogP contribution in [0.15, 0.2) is 22.7 Å². The van der Waals surface area contributed by atoms with E-state index in [0.717, 1.165) is 17.8 Å². The first-order valence-corrected chi connectivity index (χ1v) is 8.25. The van der Waals surface area contributed by atoms with E-state index < -0.39 is 0 Å². The molecular weight excluding hydrogens is 298 g/mol. The Labute approximate surface area is 126 Å². The second kappa shape index (κ2) is 6.41. The van der Waals surface area contributed by atoms with Gasteiger partial charge in [0.1, 0.15) is 0 Å². The number of nitrogens with one attached hydrogen (secondary N) is 1. The van der Waals surface area contributed by atoms with Crippen molar-refractivity contribution in [1.29, 1.82) is 0 Å². The highest BCUT2D eigenvalue weighted by Gasteiger charge is 2.30. The number of rotatable bonds is 3. The highest BCUT2D eigenvalue weighted by atomic mass is 79.9. The van der Waals surface area contributed by atoms with Crippen LogP contribution >= 0.6 is 15.9 Å². The normalized spacial score (nSPS) is 29.2. The minimum absolute atomic E-state index is 0.503. The summed E-state index contributed by atoms with van der Waals surface area (Å²) in [7, 11) is 2.11. The largest absolute Gasteiger partial charge is 0.313 e. The first-order chi connectivity index (χ1) is 9.02. The molecule has 1 saturated carbocycles. The molecule has 0 heterocycles. The Bertz CT molecular complexity index is 429. The van der Waals surface area contributed by atoms with E-state index in [0.29, 0.717) is 6.04 Å². The first kappa shape index (κ1) is 15.1. The smallest absolute Gasteiger partial charge is 0.0348 e. The van der Waals surface area contributed by atoms with Crippen molar-refractivity contribution in [3.05, 3.63) is 33.8 Å². The van der Waals surface area contributed by atoms with Crippen molar-refractivity contribution < 1.29 is 0 Å². The van der Waals surface area contributed by atoms with Gasteiger partial charge in [0, 0.05) is 10.5 Å². The third kappa shape index (κ3) is 3.41. The number of hydrogen-bond donors (Lipinski definition) is 1. The van der Waals surface area contributed by atoms with Crippen LogP contribution in [0.2, 0.25) is 0 Å². The van der Waals surface area contributed by atoms with E-state index in [1.165, 1.54) is 34.9 Å². The van der Waals surface area contributed by atoms with Crippen molar-refractivity contribution >= 4 is 15.9 Å². The highest BCUT2D eigenvalue weighted by molar-refractivity contribution is 9.10. The molecule has 4 atom stereocenters. The maximum absolute atomic E-state index is 3.57. The molecule has 1 aliphatic rings. The fourth-order valence-corrected chi connectivity index (χ4v) is 4.00. The van der Waals surface area contributed by atoms with Crippen molar-refractivity contribution in [3.63, 3.8) is 0 Å². The lowest BCUT2D eigenvalue weighted by atomic mass is 9.71. The third-order valence-electron chi connectivity index (χ3n) is 4.99. The minimum Gasteiger partial charge on any atom is -0.313 e. The average Bonchev–Trinajstić information content (AvgIpc) is 2.37. The molecule has 0 aliphatic heterocycles. The topological polar surface area (TPSA) is 12.0 Å². The standard InChI is InChI=1S/C17H26BrN/c1-11-5-6-14(9-12(11)2)17(19-4)16-8-7-15(18)10-13(16)3/h7-8,10-12,14,17,19H,5-6,9H2,1-4H3. The summed E-state index contributed by atoms with van der Waals surface area (Å²) in [6.45, 7) is 7.04. The zero-order chi connectivity index (χ0) is 14.0. The molecule has 0 bridgehead atoms. The monoisotopic (exact) mass is 323 g/mol. The lowest BCUT2D eigenvalue weighted by molar-refractivity contribution is 0.174. The van der Waals surface area contributed by atoms with Gasteiger partial charge in [-0.15, -0.1) is 0 Å². The van der Waals surface area contributed by atoms with E-state index in [1.807, 2.05) is 0 Å². The van der Waals surface area contributed by atoms with Gasteiger partial charge in [0.25, 0.3) is 0 Å². The minimum atomic E-state index is 0.503. The highest BCUT2D eigenvalue weighted by Crippen LogP contribution is 2.40. The molecule has 2 heteroatoms. The number of halogens is 1. The first-order valence-electron chi connectivity index (χ1n) is 7.46. The number of hydrogen-bond acceptors (Lipinski definition) is 1. The van der Waals surface area contributed by atoms with E-state index in [-0.39, 0.29) is 0 Å². The molecule has 19 heavy (non-hydrogen) atoms. The molecule has 0 amide bonds. The van der Waals surface area contributed by atoms with Crippen LogP contribution in [0.3, 0.4) is 0 Å². The Morgan fingerprint density at radius 1 is 1.21 bits per heavy atom. The number of aryl methyl sites for hydroxylation is 1. The van der Waals surface area contributed by atoms with Crippen LogP contribution < -0.4 is 5.32 Å². The van der Waals surface area contributed by atoms with Crippen LogP contribution in [0.4, 0.5) is 0 Å². The Morgan fingerprint density at radius 2 is 1.95 bits per heavy atom. The molecule has 1 fully saturated rings. The average molecular weight is 324 g/mol.